The summed E-state index contributed by atoms with van der Waals surface area (Å²) in [5, 5.41) is 6.14. The Bertz CT molecular complexity index is 655. The van der Waals surface area contributed by atoms with Crippen LogP contribution in [-0.2, 0) is 9.59 Å². The summed E-state index contributed by atoms with van der Waals surface area (Å²) in [6.07, 6.45) is 6.37. The Morgan fingerprint density at radius 2 is 1.89 bits per heavy atom. The second kappa shape index (κ2) is 9.31. The van der Waals surface area contributed by atoms with Gasteiger partial charge < -0.3 is 10.6 Å². The molecule has 6 nitrogen and oxygen atoms in total. The Kier molecular flexibility index (Phi) is 6.83. The molecule has 3 rings (SSSR count). The molecule has 2 aliphatic rings. The minimum absolute atomic E-state index is 0.00927. The molecule has 2 heterocycles. The van der Waals surface area contributed by atoms with Gasteiger partial charge in [-0.1, -0.05) is 25.8 Å². The van der Waals surface area contributed by atoms with Gasteiger partial charge in [-0.25, -0.2) is 4.98 Å². The Balaban J connectivity index is 1.40. The van der Waals surface area contributed by atoms with E-state index >= 15 is 0 Å². The van der Waals surface area contributed by atoms with Crippen molar-refractivity contribution in [3.8, 4) is 0 Å². The zero-order valence-electron chi connectivity index (χ0n) is 16.5. The number of carbonyl (C=O) groups excluding carboxylic acids is 2. The highest BCUT2D eigenvalue weighted by molar-refractivity contribution is 5.91. The highest BCUT2D eigenvalue weighted by Gasteiger charge is 2.27. The quantitative estimate of drug-likeness (QED) is 0.833. The first kappa shape index (κ1) is 19.8. The van der Waals surface area contributed by atoms with Crippen LogP contribution in [0.3, 0.4) is 0 Å². The number of piperidine rings is 1. The molecule has 2 atom stereocenters. The van der Waals surface area contributed by atoms with Crippen LogP contribution in [0.25, 0.3) is 0 Å². The van der Waals surface area contributed by atoms with Crippen LogP contribution < -0.4 is 10.6 Å². The van der Waals surface area contributed by atoms with Crippen LogP contribution in [-0.4, -0.2) is 47.4 Å². The predicted octanol–water partition coefficient (Wildman–Crippen LogP) is 2.74. The molecule has 1 aromatic rings. The molecule has 0 radical (unpaired) electrons. The summed E-state index contributed by atoms with van der Waals surface area (Å²) in [7, 11) is 0. The number of carbonyl (C=O) groups is 2. The third kappa shape index (κ3) is 5.76. The fourth-order valence-corrected chi connectivity index (χ4v) is 4.18. The first-order chi connectivity index (χ1) is 13.0. The molecule has 27 heavy (non-hydrogen) atoms. The first-order valence-corrected chi connectivity index (χ1v) is 10.3. The first-order valence-electron chi connectivity index (χ1n) is 10.3. The summed E-state index contributed by atoms with van der Waals surface area (Å²) >= 11 is 0. The molecule has 1 aliphatic heterocycles. The van der Waals surface area contributed by atoms with Gasteiger partial charge in [0.15, 0.2) is 0 Å². The number of likely N-dealkylation sites (tertiary alicyclic amines) is 1. The van der Waals surface area contributed by atoms with E-state index in [1.165, 1.54) is 19.3 Å². The van der Waals surface area contributed by atoms with E-state index in [2.05, 4.69) is 27.4 Å². The smallest absolute Gasteiger partial charge is 0.234 e. The van der Waals surface area contributed by atoms with E-state index in [4.69, 9.17) is 0 Å². The third-order valence-electron chi connectivity index (χ3n) is 5.92. The van der Waals surface area contributed by atoms with Crippen LogP contribution in [0.4, 0.5) is 5.82 Å². The maximum atomic E-state index is 12.5. The van der Waals surface area contributed by atoms with Crippen molar-refractivity contribution in [3.63, 3.8) is 0 Å². The van der Waals surface area contributed by atoms with Crippen molar-refractivity contribution in [2.45, 2.75) is 58.4 Å². The fourth-order valence-electron chi connectivity index (χ4n) is 4.18. The van der Waals surface area contributed by atoms with Crippen LogP contribution in [0.2, 0.25) is 0 Å². The number of anilines is 1. The molecule has 0 spiro atoms. The lowest BCUT2D eigenvalue weighted by Crippen LogP contribution is -2.47. The number of amides is 2. The van der Waals surface area contributed by atoms with E-state index in [1.54, 1.807) is 0 Å². The topological polar surface area (TPSA) is 74.3 Å². The molecule has 0 aromatic carbocycles. The lowest BCUT2D eigenvalue weighted by molar-refractivity contribution is -0.124. The monoisotopic (exact) mass is 372 g/mol. The Hall–Kier alpha value is -1.95. The average Bonchev–Trinajstić information content (AvgIpc) is 2.64. The molecule has 2 fully saturated rings. The number of aryl methyl sites for hydroxylation is 1. The average molecular weight is 373 g/mol. The minimum Gasteiger partial charge on any atom is -0.352 e. The number of hydrogen-bond donors (Lipinski definition) is 2. The van der Waals surface area contributed by atoms with Gasteiger partial charge in [0, 0.05) is 17.7 Å². The van der Waals surface area contributed by atoms with Gasteiger partial charge in [-0.3, -0.25) is 14.5 Å². The van der Waals surface area contributed by atoms with Crippen molar-refractivity contribution in [3.05, 3.63) is 23.9 Å². The third-order valence-corrected chi connectivity index (χ3v) is 5.92. The number of rotatable bonds is 5. The SMILES string of the molecule is Cc1cccc(NC(=O)C2CCN(CC(=O)N[C@H]3CCCC[C@@H]3C)CC2)n1. The number of nitrogens with zero attached hydrogens (tertiary/aromatic N) is 2. The summed E-state index contributed by atoms with van der Waals surface area (Å²) in [5.74, 6) is 1.34. The summed E-state index contributed by atoms with van der Waals surface area (Å²) in [5.41, 5.74) is 0.890. The Morgan fingerprint density at radius 1 is 1.15 bits per heavy atom. The Morgan fingerprint density at radius 3 is 2.59 bits per heavy atom. The highest BCUT2D eigenvalue weighted by atomic mass is 16.2. The Labute approximate surface area is 162 Å². The molecule has 1 saturated heterocycles. The molecule has 0 bridgehead atoms. The summed E-state index contributed by atoms with van der Waals surface area (Å²) in [6.45, 7) is 6.15. The predicted molar refractivity (Wildman–Crippen MR) is 106 cm³/mol. The van der Waals surface area contributed by atoms with Gasteiger partial charge in [-0.05, 0) is 63.7 Å². The molecule has 6 heteroatoms. The standard InChI is InChI=1S/C21H32N4O2/c1-15-6-3-4-8-18(15)23-20(26)14-25-12-10-17(11-13-25)21(27)24-19-9-5-7-16(2)22-19/h5,7,9,15,17-18H,3-4,6,8,10-14H2,1-2H3,(H,23,26)(H,22,24,27)/t15-,18-/m0/s1. The number of hydrogen-bond acceptors (Lipinski definition) is 4. The van der Waals surface area contributed by atoms with E-state index in [9.17, 15) is 9.59 Å². The fraction of sp³-hybridized carbons (Fsp3) is 0.667. The van der Waals surface area contributed by atoms with Crippen LogP contribution in [0.5, 0.6) is 0 Å². The molecule has 1 saturated carbocycles. The molecule has 2 N–H and O–H groups in total. The second-order valence-corrected chi connectivity index (χ2v) is 8.14. The van der Waals surface area contributed by atoms with Crippen LogP contribution in [0.1, 0.15) is 51.1 Å². The number of nitrogens with one attached hydrogen (secondary N) is 2. The largest absolute Gasteiger partial charge is 0.352 e. The van der Waals surface area contributed by atoms with Crippen molar-refractivity contribution in [1.82, 2.24) is 15.2 Å². The van der Waals surface area contributed by atoms with Gasteiger partial charge in [0.1, 0.15) is 5.82 Å². The van der Waals surface area contributed by atoms with Gasteiger partial charge in [0.25, 0.3) is 0 Å². The number of pyridine rings is 1. The van der Waals surface area contributed by atoms with Crippen LogP contribution in [0, 0.1) is 18.8 Å². The van der Waals surface area contributed by atoms with E-state index in [0.717, 1.165) is 38.0 Å². The van der Waals surface area contributed by atoms with Crippen LogP contribution in [0.15, 0.2) is 18.2 Å². The zero-order valence-corrected chi connectivity index (χ0v) is 16.5. The molecule has 2 amide bonds. The molecule has 1 aliphatic carbocycles. The van der Waals surface area contributed by atoms with E-state index in [1.807, 2.05) is 25.1 Å². The highest BCUT2D eigenvalue weighted by Crippen LogP contribution is 2.24. The lowest BCUT2D eigenvalue weighted by Gasteiger charge is -2.33. The van der Waals surface area contributed by atoms with Crippen molar-refractivity contribution >= 4 is 17.6 Å². The van der Waals surface area contributed by atoms with E-state index in [0.29, 0.717) is 24.3 Å². The second-order valence-electron chi connectivity index (χ2n) is 8.14. The maximum absolute atomic E-state index is 12.5. The maximum Gasteiger partial charge on any atom is 0.234 e. The zero-order chi connectivity index (χ0) is 19.2. The van der Waals surface area contributed by atoms with Crippen molar-refractivity contribution in [1.29, 1.82) is 0 Å². The summed E-state index contributed by atoms with van der Waals surface area (Å²) < 4.78 is 0. The van der Waals surface area contributed by atoms with Crippen LogP contribution >= 0.6 is 0 Å². The molecule has 1 aromatic heterocycles. The van der Waals surface area contributed by atoms with Crippen molar-refractivity contribution < 1.29 is 9.59 Å². The number of aromatic nitrogens is 1. The lowest BCUT2D eigenvalue weighted by atomic mass is 9.86. The van der Waals surface area contributed by atoms with Gasteiger partial charge in [0.05, 0.1) is 6.54 Å². The normalized spacial score (nSPS) is 24.4. The molecule has 148 valence electrons. The van der Waals surface area contributed by atoms with E-state index in [-0.39, 0.29) is 17.7 Å². The molecular formula is C21H32N4O2. The molecule has 0 unspecified atom stereocenters. The van der Waals surface area contributed by atoms with Crippen molar-refractivity contribution in [2.75, 3.05) is 25.0 Å². The van der Waals surface area contributed by atoms with Gasteiger partial charge in [-0.2, -0.15) is 0 Å². The van der Waals surface area contributed by atoms with Crippen molar-refractivity contribution in [2.24, 2.45) is 11.8 Å². The summed E-state index contributed by atoms with van der Waals surface area (Å²) in [6, 6.07) is 5.95. The van der Waals surface area contributed by atoms with Gasteiger partial charge in [0.2, 0.25) is 11.8 Å². The van der Waals surface area contributed by atoms with Gasteiger partial charge in [-0.15, -0.1) is 0 Å². The minimum atomic E-state index is -0.00927. The van der Waals surface area contributed by atoms with E-state index < -0.39 is 0 Å². The summed E-state index contributed by atoms with van der Waals surface area (Å²) in [4.78, 5) is 31.3. The molecular weight excluding hydrogens is 340 g/mol. The van der Waals surface area contributed by atoms with Gasteiger partial charge >= 0.3 is 0 Å².